The van der Waals surface area contributed by atoms with Gasteiger partial charge in [-0.15, -0.1) is 0 Å². The molecule has 0 unspecified atom stereocenters. The highest BCUT2D eigenvalue weighted by Gasteiger charge is 2.54. The zero-order chi connectivity index (χ0) is 31.4. The van der Waals surface area contributed by atoms with Gasteiger partial charge in [0.05, 0.1) is 0 Å². The van der Waals surface area contributed by atoms with E-state index in [1.807, 2.05) is 0 Å². The van der Waals surface area contributed by atoms with Crippen LogP contribution in [0, 0.1) is 5.92 Å². The van der Waals surface area contributed by atoms with Crippen LogP contribution in [0.2, 0.25) is 0 Å². The third-order valence-corrected chi connectivity index (χ3v) is 8.21. The molecular weight excluding hydrogens is 580 g/mol. The van der Waals surface area contributed by atoms with Crippen LogP contribution in [0.3, 0.4) is 0 Å². The van der Waals surface area contributed by atoms with Crippen molar-refractivity contribution in [1.29, 1.82) is 0 Å². The van der Waals surface area contributed by atoms with E-state index < -0.39 is 78.3 Å². The van der Waals surface area contributed by atoms with Gasteiger partial charge in [0.2, 0.25) is 0 Å². The Morgan fingerprint density at radius 1 is 0.750 bits per heavy atom. The van der Waals surface area contributed by atoms with Gasteiger partial charge in [0, 0.05) is 35.6 Å². The topological polar surface area (TPSA) is 224 Å². The summed E-state index contributed by atoms with van der Waals surface area (Å²) in [6, 6.07) is 12.0. The van der Waals surface area contributed by atoms with Crippen molar-refractivity contribution in [3.8, 4) is 34.5 Å². The smallest absolute Gasteiger partial charge is 0.331 e. The minimum atomic E-state index is -1.65. The summed E-state index contributed by atoms with van der Waals surface area (Å²) < 4.78 is 17.9. The molecule has 8 atom stereocenters. The molecule has 13 nitrogen and oxygen atoms in total. The quantitative estimate of drug-likeness (QED) is 0.153. The molecule has 13 heteroatoms. The Balaban J connectivity index is 1.47. The number of esters is 1. The molecule has 0 bridgehead atoms. The van der Waals surface area contributed by atoms with Gasteiger partial charge in [0.15, 0.2) is 17.6 Å². The van der Waals surface area contributed by atoms with Gasteiger partial charge in [0.1, 0.15) is 59.4 Å². The van der Waals surface area contributed by atoms with E-state index in [-0.39, 0.29) is 39.7 Å². The first kappa shape index (κ1) is 29.1. The molecule has 3 aliphatic rings. The van der Waals surface area contributed by atoms with Crippen molar-refractivity contribution in [2.24, 2.45) is 5.92 Å². The molecular formula is C31H28O13. The van der Waals surface area contributed by atoms with Crippen molar-refractivity contribution in [2.75, 3.05) is 0 Å². The standard InChI is InChI=1S/C31H28O13/c32-15-4-1-12(2-5-15)28-25(31(41)44-22-9-14(30(39)40)8-19(36)26(22)37)24-23-20(42-28)10-16(33)11-21(23)43-29(27(24)38)13-3-6-17(34)18(35)7-13/h1-8,10-11,19,22,24-29,32-38H,9H2,(H,39,40)/t19-,22-,24-,25+,26-,27-,28-,29-/m1/s1. The van der Waals surface area contributed by atoms with Crippen molar-refractivity contribution in [1.82, 2.24) is 0 Å². The Morgan fingerprint density at radius 3 is 2.02 bits per heavy atom. The summed E-state index contributed by atoms with van der Waals surface area (Å²) in [4.78, 5) is 25.8. The van der Waals surface area contributed by atoms with Crippen LogP contribution in [0.15, 0.2) is 66.2 Å². The van der Waals surface area contributed by atoms with Gasteiger partial charge in [-0.25, -0.2) is 4.79 Å². The van der Waals surface area contributed by atoms with E-state index in [0.717, 1.165) is 6.08 Å². The fourth-order valence-corrected chi connectivity index (χ4v) is 6.09. The summed E-state index contributed by atoms with van der Waals surface area (Å²) in [6.07, 6.45) is -8.12. The maximum atomic E-state index is 14.1. The molecule has 0 saturated heterocycles. The number of rotatable bonds is 5. The number of carbonyl (C=O) groups is 2. The van der Waals surface area contributed by atoms with E-state index in [4.69, 9.17) is 14.2 Å². The monoisotopic (exact) mass is 608 g/mol. The molecule has 2 heterocycles. The lowest BCUT2D eigenvalue weighted by Crippen LogP contribution is -2.49. The van der Waals surface area contributed by atoms with E-state index in [2.05, 4.69) is 0 Å². The third-order valence-electron chi connectivity index (χ3n) is 8.21. The van der Waals surface area contributed by atoms with Crippen LogP contribution in [0.25, 0.3) is 0 Å². The number of hydrogen-bond donors (Lipinski definition) is 8. The predicted molar refractivity (Wildman–Crippen MR) is 147 cm³/mol. The Morgan fingerprint density at radius 2 is 1.39 bits per heavy atom. The first-order valence-corrected chi connectivity index (χ1v) is 13.6. The molecule has 0 spiro atoms. The Bertz CT molecular complexity index is 1650. The van der Waals surface area contributed by atoms with Gasteiger partial charge in [-0.1, -0.05) is 18.2 Å². The number of phenols is 4. The number of aliphatic hydroxyl groups excluding tert-OH is 3. The molecule has 1 aliphatic carbocycles. The number of carboxylic acids is 1. The Hall–Kier alpha value is -4.98. The molecule has 3 aromatic carbocycles. The van der Waals surface area contributed by atoms with Gasteiger partial charge in [0.25, 0.3) is 0 Å². The average Bonchev–Trinajstić information content (AvgIpc) is 2.98. The van der Waals surface area contributed by atoms with Crippen LogP contribution in [0.4, 0.5) is 0 Å². The maximum absolute atomic E-state index is 14.1. The lowest BCUT2D eigenvalue weighted by Gasteiger charge is -2.46. The Kier molecular flexibility index (Phi) is 7.24. The van der Waals surface area contributed by atoms with Crippen molar-refractivity contribution in [3.63, 3.8) is 0 Å². The van der Waals surface area contributed by atoms with Crippen LogP contribution in [-0.2, 0) is 14.3 Å². The predicted octanol–water partition coefficient (Wildman–Crippen LogP) is 1.89. The summed E-state index contributed by atoms with van der Waals surface area (Å²) >= 11 is 0. The first-order chi connectivity index (χ1) is 20.9. The van der Waals surface area contributed by atoms with Crippen LogP contribution in [0.1, 0.15) is 41.2 Å². The number of hydrogen-bond acceptors (Lipinski definition) is 12. The van der Waals surface area contributed by atoms with Crippen LogP contribution >= 0.6 is 0 Å². The molecule has 0 aromatic heterocycles. The molecule has 8 N–H and O–H groups in total. The van der Waals surface area contributed by atoms with Gasteiger partial charge in [-0.2, -0.15) is 0 Å². The van der Waals surface area contributed by atoms with Crippen LogP contribution in [0.5, 0.6) is 34.5 Å². The number of phenolic OH excluding ortho intramolecular Hbond substituents is 4. The van der Waals surface area contributed by atoms with Crippen molar-refractivity contribution in [2.45, 2.75) is 49.0 Å². The summed E-state index contributed by atoms with van der Waals surface area (Å²) in [5.41, 5.74) is 0.553. The zero-order valence-electron chi connectivity index (χ0n) is 22.7. The number of carboxylic acid groups (broad SMARTS) is 1. The van der Waals surface area contributed by atoms with Crippen molar-refractivity contribution < 1.29 is 64.7 Å². The largest absolute Gasteiger partial charge is 0.508 e. The average molecular weight is 609 g/mol. The second kappa shape index (κ2) is 10.9. The first-order valence-electron chi connectivity index (χ1n) is 13.6. The van der Waals surface area contributed by atoms with Crippen molar-refractivity contribution >= 4 is 11.9 Å². The fraction of sp³-hybridized carbons (Fsp3) is 0.290. The van der Waals surface area contributed by atoms with E-state index in [9.17, 15) is 50.4 Å². The molecule has 44 heavy (non-hydrogen) atoms. The maximum Gasteiger partial charge on any atom is 0.331 e. The van der Waals surface area contributed by atoms with E-state index >= 15 is 0 Å². The Labute approximate surface area is 249 Å². The molecule has 6 rings (SSSR count). The van der Waals surface area contributed by atoms with Gasteiger partial charge in [-0.05, 0) is 41.5 Å². The van der Waals surface area contributed by atoms with Gasteiger partial charge >= 0.3 is 11.9 Å². The normalized spacial score (nSPS) is 28.9. The number of ether oxygens (including phenoxy) is 3. The van der Waals surface area contributed by atoms with Crippen LogP contribution in [-0.4, -0.2) is 77.2 Å². The molecule has 2 aliphatic heterocycles. The van der Waals surface area contributed by atoms with E-state index in [0.29, 0.717) is 5.56 Å². The highest BCUT2D eigenvalue weighted by molar-refractivity contribution is 5.87. The fourth-order valence-electron chi connectivity index (χ4n) is 6.09. The number of benzene rings is 3. The lowest BCUT2D eigenvalue weighted by atomic mass is 9.71. The summed E-state index contributed by atoms with van der Waals surface area (Å²) in [5.74, 6) is -6.00. The summed E-state index contributed by atoms with van der Waals surface area (Å²) in [6.45, 7) is 0. The zero-order valence-corrected chi connectivity index (χ0v) is 22.7. The summed E-state index contributed by atoms with van der Waals surface area (Å²) in [5, 5.41) is 82.5. The molecule has 0 amide bonds. The highest BCUT2D eigenvalue weighted by atomic mass is 16.6. The third kappa shape index (κ3) is 5.00. The number of aromatic hydroxyl groups is 4. The van der Waals surface area contributed by atoms with Crippen molar-refractivity contribution in [3.05, 3.63) is 82.9 Å². The summed E-state index contributed by atoms with van der Waals surface area (Å²) in [7, 11) is 0. The molecule has 3 aromatic rings. The number of carbonyl (C=O) groups excluding carboxylic acids is 1. The van der Waals surface area contributed by atoms with Gasteiger partial charge < -0.3 is 55.1 Å². The second-order valence-electron chi connectivity index (χ2n) is 11.0. The van der Waals surface area contributed by atoms with Crippen LogP contribution < -0.4 is 9.47 Å². The highest BCUT2D eigenvalue weighted by Crippen LogP contribution is 2.58. The van der Waals surface area contributed by atoms with E-state index in [1.165, 1.54) is 54.6 Å². The number of aliphatic hydroxyl groups is 3. The minimum absolute atomic E-state index is 0.0547. The molecule has 0 fully saturated rings. The number of aliphatic carboxylic acids is 1. The second-order valence-corrected chi connectivity index (χ2v) is 11.0. The van der Waals surface area contributed by atoms with Gasteiger partial charge in [-0.3, -0.25) is 4.79 Å². The minimum Gasteiger partial charge on any atom is -0.508 e. The molecule has 0 radical (unpaired) electrons. The molecule has 230 valence electrons. The SMILES string of the molecule is O=C(O)C1=C[C@@H](O)[C@@H](O)[C@H](OC(=O)[C@H]2[C@H]3c4c(cc(O)cc4O[C@@H]2c2ccc(O)cc2)O[C@H](c2ccc(O)c(O)c2)[C@@H]3O)C1. The molecule has 0 saturated carbocycles. The van der Waals surface area contributed by atoms with E-state index in [1.54, 1.807) is 0 Å². The lowest BCUT2D eigenvalue weighted by molar-refractivity contribution is -0.174.